The highest BCUT2D eigenvalue weighted by Crippen LogP contribution is 2.28. The Morgan fingerprint density at radius 1 is 1.09 bits per heavy atom. The third-order valence-electron chi connectivity index (χ3n) is 3.50. The Labute approximate surface area is 129 Å². The molecule has 5 heteroatoms. The van der Waals surface area contributed by atoms with Crippen LogP contribution >= 0.6 is 0 Å². The summed E-state index contributed by atoms with van der Waals surface area (Å²) in [6, 6.07) is 17.5. The second-order valence-corrected chi connectivity index (χ2v) is 5.06. The molecule has 0 atom stereocenters. The molecule has 0 radical (unpaired) electrons. The van der Waals surface area contributed by atoms with Crippen molar-refractivity contribution in [3.63, 3.8) is 0 Å². The number of carbonyl (C=O) groups is 1. The molecule has 2 aromatic rings. The van der Waals surface area contributed by atoms with Crippen LogP contribution in [0.2, 0.25) is 0 Å². The van der Waals surface area contributed by atoms with Crippen LogP contribution in [0.5, 0.6) is 11.5 Å². The maximum Gasteiger partial charge on any atom is 0.317 e. The van der Waals surface area contributed by atoms with Crippen LogP contribution in [0.25, 0.3) is 0 Å². The molecule has 1 heterocycles. The lowest BCUT2D eigenvalue weighted by Crippen LogP contribution is -2.32. The predicted octanol–water partition coefficient (Wildman–Crippen LogP) is 2.92. The summed E-state index contributed by atoms with van der Waals surface area (Å²) in [5.41, 5.74) is 0.922. The zero-order chi connectivity index (χ0) is 15.2. The fourth-order valence-electron chi connectivity index (χ4n) is 2.37. The topological polar surface area (TPSA) is 53.6 Å². The maximum absolute atomic E-state index is 11.5. The largest absolute Gasteiger partial charge is 0.455 e. The van der Waals surface area contributed by atoms with Crippen LogP contribution < -0.4 is 15.4 Å². The summed E-state index contributed by atoms with van der Waals surface area (Å²) in [6.07, 6.45) is 0. The first-order valence-corrected chi connectivity index (χ1v) is 7.41. The van der Waals surface area contributed by atoms with Crippen LogP contribution in [-0.2, 0) is 0 Å². The number of urea groups is 1. The number of hydrogen-bond donors (Lipinski definition) is 2. The predicted molar refractivity (Wildman–Crippen MR) is 86.4 cm³/mol. The summed E-state index contributed by atoms with van der Waals surface area (Å²) in [5, 5.41) is 6.13. The Kier molecular flexibility index (Phi) is 4.44. The van der Waals surface area contributed by atoms with Gasteiger partial charge in [-0.2, -0.15) is 0 Å². The van der Waals surface area contributed by atoms with E-state index in [2.05, 4.69) is 10.6 Å². The lowest BCUT2D eigenvalue weighted by Gasteiger charge is -2.16. The monoisotopic (exact) mass is 297 g/mol. The van der Waals surface area contributed by atoms with Gasteiger partial charge in [0.25, 0.3) is 0 Å². The summed E-state index contributed by atoms with van der Waals surface area (Å²) in [7, 11) is 0. The molecule has 22 heavy (non-hydrogen) atoms. The van der Waals surface area contributed by atoms with Crippen LogP contribution in [0.1, 0.15) is 0 Å². The van der Waals surface area contributed by atoms with Crippen LogP contribution in [0.4, 0.5) is 10.5 Å². The van der Waals surface area contributed by atoms with Crippen LogP contribution in [0.15, 0.2) is 54.6 Å². The fraction of sp³-hybridized carbons (Fsp3) is 0.235. The number of carbonyl (C=O) groups excluding carboxylic acids is 1. The van der Waals surface area contributed by atoms with E-state index in [9.17, 15) is 4.79 Å². The second-order valence-electron chi connectivity index (χ2n) is 5.06. The first-order chi connectivity index (χ1) is 10.8. The molecule has 1 fully saturated rings. The third-order valence-corrected chi connectivity index (χ3v) is 3.50. The first kappa shape index (κ1) is 14.3. The lowest BCUT2D eigenvalue weighted by molar-refractivity contribution is 0.219. The van der Waals surface area contributed by atoms with Gasteiger partial charge >= 0.3 is 6.03 Å². The van der Waals surface area contributed by atoms with E-state index in [-0.39, 0.29) is 6.03 Å². The zero-order valence-corrected chi connectivity index (χ0v) is 12.3. The Hall–Kier alpha value is -2.69. The van der Waals surface area contributed by atoms with Crippen molar-refractivity contribution in [2.75, 3.05) is 31.5 Å². The summed E-state index contributed by atoms with van der Waals surface area (Å²) in [6.45, 7) is 2.85. The van der Waals surface area contributed by atoms with Gasteiger partial charge in [0.2, 0.25) is 0 Å². The fourth-order valence-corrected chi connectivity index (χ4v) is 2.37. The number of benzene rings is 2. The molecule has 2 aromatic carbocycles. The Balaban J connectivity index is 1.60. The van der Waals surface area contributed by atoms with Crippen molar-refractivity contribution in [3.05, 3.63) is 54.6 Å². The van der Waals surface area contributed by atoms with Crippen molar-refractivity contribution in [1.82, 2.24) is 10.2 Å². The number of amides is 2. The van der Waals surface area contributed by atoms with E-state index >= 15 is 0 Å². The molecule has 0 spiro atoms. The smallest absolute Gasteiger partial charge is 0.317 e. The summed E-state index contributed by atoms with van der Waals surface area (Å²) >= 11 is 0. The zero-order valence-electron chi connectivity index (χ0n) is 12.3. The summed E-state index contributed by atoms with van der Waals surface area (Å²) in [4.78, 5) is 13.3. The van der Waals surface area contributed by atoms with Crippen molar-refractivity contribution in [1.29, 1.82) is 0 Å². The summed E-state index contributed by atoms with van der Waals surface area (Å²) in [5.74, 6) is 1.58. The van der Waals surface area contributed by atoms with E-state index in [0.717, 1.165) is 30.3 Å². The normalized spacial score (nSPS) is 13.8. The molecule has 114 valence electrons. The number of anilines is 1. The van der Waals surface area contributed by atoms with Gasteiger partial charge in [0.1, 0.15) is 5.75 Å². The molecule has 2 N–H and O–H groups in total. The highest BCUT2D eigenvalue weighted by molar-refractivity contribution is 5.76. The number of hydrogen-bond acceptors (Lipinski definition) is 3. The number of ether oxygens (including phenoxy) is 1. The van der Waals surface area contributed by atoms with Gasteiger partial charge in [-0.05, 0) is 24.3 Å². The van der Waals surface area contributed by atoms with Gasteiger partial charge in [-0.25, -0.2) is 4.79 Å². The van der Waals surface area contributed by atoms with E-state index in [1.165, 1.54) is 0 Å². The number of para-hydroxylation sites is 3. The molecule has 0 unspecified atom stereocenters. The lowest BCUT2D eigenvalue weighted by atomic mass is 10.3. The second kappa shape index (κ2) is 6.85. The minimum absolute atomic E-state index is 0.00983. The molecule has 0 saturated carbocycles. The first-order valence-electron chi connectivity index (χ1n) is 7.41. The van der Waals surface area contributed by atoms with E-state index in [4.69, 9.17) is 4.74 Å². The quantitative estimate of drug-likeness (QED) is 0.862. The molecule has 0 bridgehead atoms. The van der Waals surface area contributed by atoms with Crippen molar-refractivity contribution in [2.45, 2.75) is 0 Å². The van der Waals surface area contributed by atoms with Gasteiger partial charge in [-0.1, -0.05) is 30.3 Å². The molecular weight excluding hydrogens is 278 g/mol. The Morgan fingerprint density at radius 3 is 2.64 bits per heavy atom. The molecule has 1 saturated heterocycles. The van der Waals surface area contributed by atoms with Gasteiger partial charge in [0.15, 0.2) is 5.75 Å². The maximum atomic E-state index is 11.5. The van der Waals surface area contributed by atoms with Gasteiger partial charge in [0, 0.05) is 26.2 Å². The van der Waals surface area contributed by atoms with E-state index in [1.807, 2.05) is 54.6 Å². The van der Waals surface area contributed by atoms with Gasteiger partial charge in [-0.3, -0.25) is 0 Å². The summed E-state index contributed by atoms with van der Waals surface area (Å²) < 4.78 is 5.90. The van der Waals surface area contributed by atoms with Crippen LogP contribution in [0, 0.1) is 0 Å². The number of rotatable bonds is 6. The van der Waals surface area contributed by atoms with E-state index < -0.39 is 0 Å². The van der Waals surface area contributed by atoms with Crippen molar-refractivity contribution >= 4 is 11.7 Å². The van der Waals surface area contributed by atoms with Crippen LogP contribution in [0.3, 0.4) is 0 Å². The molecule has 0 aromatic heterocycles. The van der Waals surface area contributed by atoms with Crippen molar-refractivity contribution in [2.24, 2.45) is 0 Å². The molecule has 1 aliphatic heterocycles. The highest BCUT2D eigenvalue weighted by atomic mass is 16.5. The van der Waals surface area contributed by atoms with Crippen molar-refractivity contribution < 1.29 is 9.53 Å². The Bertz CT molecular complexity index is 631. The van der Waals surface area contributed by atoms with Gasteiger partial charge in [-0.15, -0.1) is 0 Å². The molecular formula is C17H19N3O2. The van der Waals surface area contributed by atoms with Crippen molar-refractivity contribution in [3.8, 4) is 11.5 Å². The average molecular weight is 297 g/mol. The van der Waals surface area contributed by atoms with E-state index in [0.29, 0.717) is 13.1 Å². The molecule has 0 aliphatic carbocycles. The minimum Gasteiger partial charge on any atom is -0.455 e. The van der Waals surface area contributed by atoms with Crippen LogP contribution in [-0.4, -0.2) is 37.1 Å². The SMILES string of the molecule is O=C1NCCN1CCNc1ccccc1Oc1ccccc1. The molecule has 2 amide bonds. The molecule has 3 rings (SSSR count). The van der Waals surface area contributed by atoms with Gasteiger partial charge in [0.05, 0.1) is 5.69 Å². The number of nitrogens with zero attached hydrogens (tertiary/aromatic N) is 1. The highest BCUT2D eigenvalue weighted by Gasteiger charge is 2.18. The standard InChI is InChI=1S/C17H19N3O2/c21-17-19-11-13-20(17)12-10-18-15-8-4-5-9-16(15)22-14-6-2-1-3-7-14/h1-9,18H,10-13H2,(H,19,21). The molecule has 1 aliphatic rings. The Morgan fingerprint density at radius 2 is 1.86 bits per heavy atom. The number of nitrogens with one attached hydrogen (secondary N) is 2. The average Bonchev–Trinajstić information content (AvgIpc) is 2.95. The minimum atomic E-state index is 0.00983. The van der Waals surface area contributed by atoms with Gasteiger partial charge < -0.3 is 20.3 Å². The molecule has 5 nitrogen and oxygen atoms in total. The third kappa shape index (κ3) is 3.49. The van der Waals surface area contributed by atoms with E-state index in [1.54, 1.807) is 4.90 Å².